The third-order valence-corrected chi connectivity index (χ3v) is 5.08. The summed E-state index contributed by atoms with van der Waals surface area (Å²) in [5, 5.41) is 0. The van der Waals surface area contributed by atoms with Crippen molar-refractivity contribution in [3.63, 3.8) is 0 Å². The van der Waals surface area contributed by atoms with Gasteiger partial charge in [-0.05, 0) is 74.5 Å². The molecule has 3 aromatic carbocycles. The molecular weight excluding hydrogens is 468 g/mol. The molecule has 0 aliphatic rings. The minimum Gasteiger partial charge on any atom is -0.465 e. The number of aldehydes is 1. The highest BCUT2D eigenvalue weighted by molar-refractivity contribution is 6.08. The maximum atomic E-state index is 12.5. The molecule has 0 atom stereocenters. The van der Waals surface area contributed by atoms with Gasteiger partial charge in [-0.1, -0.05) is 0 Å². The first-order valence-corrected chi connectivity index (χ1v) is 10.5. The average Bonchev–Trinajstić information content (AvgIpc) is 2.88. The van der Waals surface area contributed by atoms with E-state index in [1.807, 2.05) is 0 Å². The Labute approximate surface area is 205 Å². The fraction of sp³-hybridized carbons (Fsp3) is 0.111. The lowest BCUT2D eigenvalue weighted by Gasteiger charge is -2.09. The zero-order valence-electron chi connectivity index (χ0n) is 19.5. The van der Waals surface area contributed by atoms with Gasteiger partial charge in [0.2, 0.25) is 0 Å². The van der Waals surface area contributed by atoms with Crippen LogP contribution in [-0.4, -0.2) is 42.9 Å². The summed E-state index contributed by atoms with van der Waals surface area (Å²) in [5.41, 5.74) is 0.428. The van der Waals surface area contributed by atoms with Crippen LogP contribution in [0, 0.1) is 0 Å². The fourth-order valence-corrected chi connectivity index (χ4v) is 3.25. The Hall–Kier alpha value is -4.92. The van der Waals surface area contributed by atoms with E-state index in [1.165, 1.54) is 74.5 Å². The van der Waals surface area contributed by atoms with Gasteiger partial charge in [-0.3, -0.25) is 14.4 Å². The van der Waals surface area contributed by atoms with Gasteiger partial charge in [0.1, 0.15) is 11.5 Å². The van der Waals surface area contributed by atoms with E-state index in [-0.39, 0.29) is 56.4 Å². The maximum Gasteiger partial charge on any atom is 0.343 e. The van der Waals surface area contributed by atoms with E-state index >= 15 is 0 Å². The highest BCUT2D eigenvalue weighted by atomic mass is 16.5. The lowest BCUT2D eigenvalue weighted by atomic mass is 9.98. The first kappa shape index (κ1) is 25.7. The minimum atomic E-state index is -0.787. The molecule has 0 saturated heterocycles. The Morgan fingerprint density at radius 1 is 0.611 bits per heavy atom. The van der Waals surface area contributed by atoms with E-state index < -0.39 is 17.9 Å². The monoisotopic (exact) mass is 488 g/mol. The van der Waals surface area contributed by atoms with E-state index in [2.05, 4.69) is 4.74 Å². The number of methoxy groups -OCH3 is 1. The summed E-state index contributed by atoms with van der Waals surface area (Å²) >= 11 is 0. The van der Waals surface area contributed by atoms with Gasteiger partial charge in [-0.25, -0.2) is 14.4 Å². The van der Waals surface area contributed by atoms with E-state index in [0.717, 1.165) is 7.11 Å². The summed E-state index contributed by atoms with van der Waals surface area (Å²) in [4.78, 5) is 71.5. The highest BCUT2D eigenvalue weighted by Gasteiger charge is 2.18. The smallest absolute Gasteiger partial charge is 0.343 e. The van der Waals surface area contributed by atoms with Crippen molar-refractivity contribution in [1.82, 2.24) is 0 Å². The van der Waals surface area contributed by atoms with Crippen LogP contribution in [0.1, 0.15) is 76.0 Å². The van der Waals surface area contributed by atoms with Crippen molar-refractivity contribution >= 4 is 35.8 Å². The zero-order valence-corrected chi connectivity index (χ0v) is 19.5. The summed E-state index contributed by atoms with van der Waals surface area (Å²) in [5.74, 6) is -2.70. The van der Waals surface area contributed by atoms with Crippen molar-refractivity contribution in [2.75, 3.05) is 7.11 Å². The molecule has 0 aliphatic carbocycles. The van der Waals surface area contributed by atoms with Gasteiger partial charge in [-0.2, -0.15) is 0 Å². The van der Waals surface area contributed by atoms with Crippen molar-refractivity contribution < 1.29 is 43.0 Å². The zero-order chi connectivity index (χ0) is 26.4. The van der Waals surface area contributed by atoms with Gasteiger partial charge in [0.15, 0.2) is 17.9 Å². The average molecular weight is 488 g/mol. The van der Waals surface area contributed by atoms with Crippen LogP contribution in [0.3, 0.4) is 0 Å². The van der Waals surface area contributed by atoms with Gasteiger partial charge in [0.05, 0.1) is 23.8 Å². The first-order valence-electron chi connectivity index (χ1n) is 10.5. The molecule has 36 heavy (non-hydrogen) atoms. The molecule has 0 radical (unpaired) electrons. The second-order valence-electron chi connectivity index (χ2n) is 7.53. The topological polar surface area (TPSA) is 130 Å². The minimum absolute atomic E-state index is 0.0202. The number of esters is 3. The molecule has 0 bridgehead atoms. The quantitative estimate of drug-likeness (QED) is 0.199. The van der Waals surface area contributed by atoms with Crippen LogP contribution < -0.4 is 9.47 Å². The number of carbonyl (C=O) groups is 6. The Kier molecular flexibility index (Phi) is 7.85. The molecule has 0 saturated carbocycles. The molecule has 9 nitrogen and oxygen atoms in total. The van der Waals surface area contributed by atoms with Crippen molar-refractivity contribution in [2.24, 2.45) is 0 Å². The molecule has 0 aliphatic heterocycles. The predicted octanol–water partition coefficient (Wildman–Crippen LogP) is 4.13. The maximum absolute atomic E-state index is 12.5. The van der Waals surface area contributed by atoms with E-state index in [4.69, 9.17) is 9.47 Å². The molecular formula is C27H20O9. The molecule has 3 rings (SSSR count). The van der Waals surface area contributed by atoms with Crippen molar-refractivity contribution in [2.45, 2.75) is 13.8 Å². The number of hydrogen-bond acceptors (Lipinski definition) is 9. The van der Waals surface area contributed by atoms with Crippen molar-refractivity contribution in [3.8, 4) is 11.5 Å². The third-order valence-electron chi connectivity index (χ3n) is 5.08. The van der Waals surface area contributed by atoms with Crippen LogP contribution in [0.2, 0.25) is 0 Å². The van der Waals surface area contributed by atoms with Crippen LogP contribution in [0.4, 0.5) is 0 Å². The van der Waals surface area contributed by atoms with Crippen LogP contribution in [-0.2, 0) is 4.74 Å². The number of carbonyl (C=O) groups excluding carboxylic acids is 6. The number of ether oxygens (including phenoxy) is 3. The van der Waals surface area contributed by atoms with E-state index in [9.17, 15) is 28.8 Å². The standard InChI is InChI=1S/C27H20O9/c1-15(29)22-11-6-18(12-23(22)16(2)30)26(32)36-21-9-7-20(8-10-21)35-25(31)17-4-5-19(14-28)24(13-17)27(33)34-3/h4-14H,1-3H3. The molecule has 0 heterocycles. The molecule has 0 amide bonds. The normalized spacial score (nSPS) is 10.2. The summed E-state index contributed by atoms with van der Waals surface area (Å²) in [6, 6.07) is 13.5. The summed E-state index contributed by atoms with van der Waals surface area (Å²) in [6.45, 7) is 2.62. The fourth-order valence-electron chi connectivity index (χ4n) is 3.25. The number of rotatable bonds is 8. The molecule has 182 valence electrons. The summed E-state index contributed by atoms with van der Waals surface area (Å²) in [6.07, 6.45) is 0.472. The molecule has 0 N–H and O–H groups in total. The van der Waals surface area contributed by atoms with Gasteiger partial charge < -0.3 is 14.2 Å². The largest absolute Gasteiger partial charge is 0.465 e. The molecule has 3 aromatic rings. The molecule has 0 unspecified atom stereocenters. The number of ketones is 2. The Morgan fingerprint density at radius 2 is 1.08 bits per heavy atom. The van der Waals surface area contributed by atoms with Gasteiger partial charge >= 0.3 is 17.9 Å². The number of benzene rings is 3. The third kappa shape index (κ3) is 5.76. The van der Waals surface area contributed by atoms with Crippen LogP contribution in [0.25, 0.3) is 0 Å². The second kappa shape index (κ2) is 11.0. The lowest BCUT2D eigenvalue weighted by molar-refractivity contribution is 0.0597. The second-order valence-corrected chi connectivity index (χ2v) is 7.53. The SMILES string of the molecule is COC(=O)c1cc(C(=O)Oc2ccc(OC(=O)c3ccc(C(C)=O)c(C(C)=O)c3)cc2)ccc1C=O. The molecule has 0 aromatic heterocycles. The molecule has 0 fully saturated rings. The molecule has 9 heteroatoms. The van der Waals surface area contributed by atoms with Gasteiger partial charge in [-0.15, -0.1) is 0 Å². The van der Waals surface area contributed by atoms with Gasteiger partial charge in [0, 0.05) is 16.7 Å². The highest BCUT2D eigenvalue weighted by Crippen LogP contribution is 2.22. The van der Waals surface area contributed by atoms with Crippen molar-refractivity contribution in [3.05, 3.63) is 94.0 Å². The Morgan fingerprint density at radius 3 is 1.53 bits per heavy atom. The first-order chi connectivity index (χ1) is 17.1. The lowest BCUT2D eigenvalue weighted by Crippen LogP contribution is -2.13. The van der Waals surface area contributed by atoms with E-state index in [0.29, 0.717) is 6.29 Å². The Bertz CT molecular complexity index is 1380. The van der Waals surface area contributed by atoms with Crippen LogP contribution >= 0.6 is 0 Å². The van der Waals surface area contributed by atoms with Crippen LogP contribution in [0.5, 0.6) is 11.5 Å². The number of hydrogen-bond donors (Lipinski definition) is 0. The van der Waals surface area contributed by atoms with E-state index in [1.54, 1.807) is 0 Å². The van der Waals surface area contributed by atoms with Crippen molar-refractivity contribution in [1.29, 1.82) is 0 Å². The van der Waals surface area contributed by atoms with Crippen LogP contribution in [0.15, 0.2) is 60.7 Å². The number of Topliss-reactive ketones (excluding diaryl/α,β-unsaturated/α-hetero) is 2. The Balaban J connectivity index is 1.72. The summed E-state index contributed by atoms with van der Waals surface area (Å²) < 4.78 is 15.2. The molecule has 0 spiro atoms. The summed E-state index contributed by atoms with van der Waals surface area (Å²) in [7, 11) is 1.15. The predicted molar refractivity (Wildman–Crippen MR) is 126 cm³/mol. The van der Waals surface area contributed by atoms with Gasteiger partial charge in [0.25, 0.3) is 0 Å².